The number of hydrogen-bond donors (Lipinski definition) is 1. The molecule has 7 heteroatoms. The highest BCUT2D eigenvalue weighted by atomic mass is 35.5. The number of piperazine rings is 1. The summed E-state index contributed by atoms with van der Waals surface area (Å²) in [7, 11) is 1.67. The second kappa shape index (κ2) is 8.39. The number of anilines is 1. The molecule has 1 aromatic carbocycles. The van der Waals surface area contributed by atoms with Gasteiger partial charge in [0.05, 0.1) is 12.0 Å². The summed E-state index contributed by atoms with van der Waals surface area (Å²) in [5, 5.41) is 4.06. The van der Waals surface area contributed by atoms with Gasteiger partial charge >= 0.3 is 0 Å². The number of hydrogen-bond acceptors (Lipinski definition) is 4. The second-order valence-electron chi connectivity index (χ2n) is 6.40. The minimum atomic E-state index is -0.378. The first kappa shape index (κ1) is 19.3. The lowest BCUT2D eigenvalue weighted by molar-refractivity contribution is -0.144. The van der Waals surface area contributed by atoms with Gasteiger partial charge in [-0.1, -0.05) is 11.6 Å². The summed E-state index contributed by atoms with van der Waals surface area (Å²) in [6.07, 6.45) is 0.858. The summed E-state index contributed by atoms with van der Waals surface area (Å²) < 4.78 is 5.33. The van der Waals surface area contributed by atoms with Crippen molar-refractivity contribution >= 4 is 35.6 Å². The van der Waals surface area contributed by atoms with Crippen molar-refractivity contribution in [2.24, 2.45) is 5.41 Å². The molecule has 1 aromatic rings. The van der Waals surface area contributed by atoms with Gasteiger partial charge in [-0.25, -0.2) is 0 Å². The van der Waals surface area contributed by atoms with Crippen LogP contribution >= 0.6 is 24.0 Å². The van der Waals surface area contributed by atoms with Crippen LogP contribution in [0.3, 0.4) is 0 Å². The summed E-state index contributed by atoms with van der Waals surface area (Å²) >= 11 is 5.94. The van der Waals surface area contributed by atoms with E-state index in [-0.39, 0.29) is 23.7 Å². The number of ether oxygens (including phenoxy) is 1. The Balaban J connectivity index is 0.00000208. The second-order valence-corrected chi connectivity index (χ2v) is 6.83. The molecule has 3 rings (SSSR count). The molecule has 2 saturated heterocycles. The number of amides is 1. The molecular weight excluding hydrogens is 349 g/mol. The van der Waals surface area contributed by atoms with Gasteiger partial charge in [0, 0.05) is 50.5 Å². The van der Waals surface area contributed by atoms with E-state index in [9.17, 15) is 4.79 Å². The fraction of sp³-hybridized carbons (Fsp3) is 0.588. The number of halogens is 2. The zero-order chi connectivity index (χ0) is 16.3. The molecule has 2 aliphatic heterocycles. The van der Waals surface area contributed by atoms with Crippen LogP contribution in [0.25, 0.3) is 0 Å². The van der Waals surface area contributed by atoms with E-state index in [1.807, 2.05) is 29.2 Å². The number of carbonyl (C=O) groups is 1. The van der Waals surface area contributed by atoms with Crippen molar-refractivity contribution in [1.29, 1.82) is 0 Å². The molecule has 24 heavy (non-hydrogen) atoms. The number of nitrogens with one attached hydrogen (secondary N) is 1. The first-order valence-corrected chi connectivity index (χ1v) is 8.52. The molecule has 0 saturated carbocycles. The minimum absolute atomic E-state index is 0. The van der Waals surface area contributed by atoms with E-state index in [2.05, 4.69) is 10.2 Å². The van der Waals surface area contributed by atoms with E-state index < -0.39 is 0 Å². The van der Waals surface area contributed by atoms with E-state index in [1.165, 1.54) is 0 Å². The molecule has 2 aliphatic rings. The lowest BCUT2D eigenvalue weighted by Crippen LogP contribution is -2.55. The van der Waals surface area contributed by atoms with Gasteiger partial charge in [0.1, 0.15) is 0 Å². The van der Waals surface area contributed by atoms with Gasteiger partial charge < -0.3 is 19.9 Å². The van der Waals surface area contributed by atoms with Gasteiger partial charge in [-0.3, -0.25) is 4.79 Å². The Morgan fingerprint density at radius 2 is 1.92 bits per heavy atom. The monoisotopic (exact) mass is 373 g/mol. The maximum absolute atomic E-state index is 13.0. The lowest BCUT2D eigenvalue weighted by atomic mass is 9.86. The first-order valence-electron chi connectivity index (χ1n) is 8.14. The Kier molecular flexibility index (Phi) is 6.75. The third-order valence-corrected chi connectivity index (χ3v) is 5.13. The fourth-order valence-electron chi connectivity index (χ4n) is 3.54. The van der Waals surface area contributed by atoms with E-state index in [0.29, 0.717) is 6.61 Å². The highest BCUT2D eigenvalue weighted by molar-refractivity contribution is 6.30. The average molecular weight is 374 g/mol. The van der Waals surface area contributed by atoms with Gasteiger partial charge in [-0.15, -0.1) is 12.4 Å². The number of benzene rings is 1. The molecule has 5 nitrogen and oxygen atoms in total. The SMILES string of the molecule is COCC1(C(=O)N2CCN(c3ccc(Cl)cc3)CC2)CCNC1.Cl. The van der Waals surface area contributed by atoms with E-state index in [4.69, 9.17) is 16.3 Å². The summed E-state index contributed by atoms with van der Waals surface area (Å²) in [6.45, 7) is 5.32. The van der Waals surface area contributed by atoms with E-state index in [0.717, 1.165) is 56.4 Å². The Morgan fingerprint density at radius 3 is 2.46 bits per heavy atom. The largest absolute Gasteiger partial charge is 0.384 e. The molecule has 1 unspecified atom stereocenters. The molecular formula is C17H25Cl2N3O2. The van der Waals surface area contributed by atoms with Crippen LogP contribution in [0.15, 0.2) is 24.3 Å². The molecule has 0 bridgehead atoms. The van der Waals surface area contributed by atoms with Gasteiger partial charge in [-0.2, -0.15) is 0 Å². The Morgan fingerprint density at radius 1 is 1.25 bits per heavy atom. The van der Waals surface area contributed by atoms with Gasteiger partial charge in [-0.05, 0) is 37.2 Å². The maximum atomic E-state index is 13.0. The van der Waals surface area contributed by atoms with Crippen molar-refractivity contribution in [1.82, 2.24) is 10.2 Å². The standard InChI is InChI=1S/C17H24ClN3O2.ClH/c1-23-13-17(6-7-19-12-17)16(22)21-10-8-20(9-11-21)15-4-2-14(18)3-5-15;/h2-5,19H,6-13H2,1H3;1H. The summed E-state index contributed by atoms with van der Waals surface area (Å²) in [5.74, 6) is 0.236. The van der Waals surface area contributed by atoms with Crippen LogP contribution in [-0.2, 0) is 9.53 Å². The smallest absolute Gasteiger partial charge is 0.232 e. The van der Waals surface area contributed by atoms with Crippen LogP contribution in [0.1, 0.15) is 6.42 Å². The van der Waals surface area contributed by atoms with Crippen LogP contribution in [0, 0.1) is 5.41 Å². The molecule has 2 heterocycles. The third-order valence-electron chi connectivity index (χ3n) is 4.88. The predicted molar refractivity (Wildman–Crippen MR) is 99.3 cm³/mol. The number of rotatable bonds is 4. The van der Waals surface area contributed by atoms with E-state index in [1.54, 1.807) is 7.11 Å². The van der Waals surface area contributed by atoms with Gasteiger partial charge in [0.25, 0.3) is 0 Å². The summed E-state index contributed by atoms with van der Waals surface area (Å²) in [6, 6.07) is 7.89. The molecule has 0 radical (unpaired) electrons. The summed E-state index contributed by atoms with van der Waals surface area (Å²) in [5.41, 5.74) is 0.785. The van der Waals surface area contributed by atoms with Gasteiger partial charge in [0.15, 0.2) is 0 Å². The fourth-order valence-corrected chi connectivity index (χ4v) is 3.67. The molecule has 0 aromatic heterocycles. The van der Waals surface area contributed by atoms with Crippen molar-refractivity contribution in [3.05, 3.63) is 29.3 Å². The minimum Gasteiger partial charge on any atom is -0.384 e. The zero-order valence-electron chi connectivity index (χ0n) is 14.0. The van der Waals surface area contributed by atoms with Crippen molar-refractivity contribution < 1.29 is 9.53 Å². The molecule has 2 fully saturated rings. The van der Waals surface area contributed by atoms with Crippen molar-refractivity contribution in [3.63, 3.8) is 0 Å². The Labute approximate surface area is 154 Å². The molecule has 1 atom stereocenters. The van der Waals surface area contributed by atoms with Crippen LogP contribution in [-0.4, -0.2) is 63.8 Å². The van der Waals surface area contributed by atoms with Crippen molar-refractivity contribution in [3.8, 4) is 0 Å². The number of methoxy groups -OCH3 is 1. The normalized spacial score (nSPS) is 23.9. The van der Waals surface area contributed by atoms with Crippen LogP contribution in [0.2, 0.25) is 5.02 Å². The quantitative estimate of drug-likeness (QED) is 0.876. The average Bonchev–Trinajstić information content (AvgIpc) is 3.05. The van der Waals surface area contributed by atoms with Crippen molar-refractivity contribution in [2.75, 3.05) is 57.9 Å². The molecule has 134 valence electrons. The van der Waals surface area contributed by atoms with Crippen LogP contribution in [0.4, 0.5) is 5.69 Å². The van der Waals surface area contributed by atoms with Crippen LogP contribution < -0.4 is 10.2 Å². The van der Waals surface area contributed by atoms with Gasteiger partial charge in [0.2, 0.25) is 5.91 Å². The predicted octanol–water partition coefficient (Wildman–Crippen LogP) is 2.04. The lowest BCUT2D eigenvalue weighted by Gasteiger charge is -2.40. The van der Waals surface area contributed by atoms with E-state index >= 15 is 0 Å². The Hall–Kier alpha value is -1.01. The highest BCUT2D eigenvalue weighted by Gasteiger charge is 2.44. The topological polar surface area (TPSA) is 44.8 Å². The molecule has 1 amide bonds. The molecule has 0 spiro atoms. The number of nitrogens with zero attached hydrogens (tertiary/aromatic N) is 2. The first-order chi connectivity index (χ1) is 11.1. The third kappa shape index (κ3) is 3.97. The zero-order valence-corrected chi connectivity index (χ0v) is 15.5. The van der Waals surface area contributed by atoms with Crippen molar-refractivity contribution in [2.45, 2.75) is 6.42 Å². The molecule has 1 N–H and O–H groups in total. The highest BCUT2D eigenvalue weighted by Crippen LogP contribution is 2.29. The molecule has 0 aliphatic carbocycles. The Bertz CT molecular complexity index is 539. The summed E-state index contributed by atoms with van der Waals surface area (Å²) in [4.78, 5) is 17.3. The van der Waals surface area contributed by atoms with Crippen LogP contribution in [0.5, 0.6) is 0 Å². The number of carbonyl (C=O) groups excluding carboxylic acids is 1. The maximum Gasteiger partial charge on any atom is 0.232 e.